The second kappa shape index (κ2) is 5.19. The van der Waals surface area contributed by atoms with Crippen molar-refractivity contribution < 1.29 is 9.21 Å². The standard InChI is InChI=1S/C16H17N5O2/c1-9-6-7-12(23-9)16-18-13(17-10(2)22)8-14-19-15(20-21(14)16)11-4-3-5-11/h6-8,11H,3-5H2,1-2H3,(H,17,22). The zero-order chi connectivity index (χ0) is 16.0. The SMILES string of the molecule is CC(=O)Nc1cc2nc(C3CCC3)nn2c(-c2ccc(C)o2)n1. The zero-order valence-electron chi connectivity index (χ0n) is 13.0. The van der Waals surface area contributed by atoms with Crippen LogP contribution in [0.2, 0.25) is 0 Å². The highest BCUT2D eigenvalue weighted by molar-refractivity contribution is 5.88. The molecule has 1 aliphatic carbocycles. The Kier molecular flexibility index (Phi) is 3.14. The van der Waals surface area contributed by atoms with Crippen LogP contribution in [0.15, 0.2) is 22.6 Å². The molecule has 7 nitrogen and oxygen atoms in total. The molecule has 0 bridgehead atoms. The maximum absolute atomic E-state index is 11.4. The van der Waals surface area contributed by atoms with E-state index in [0.29, 0.717) is 29.0 Å². The molecule has 0 radical (unpaired) electrons. The molecule has 1 fully saturated rings. The summed E-state index contributed by atoms with van der Waals surface area (Å²) in [5.41, 5.74) is 0.662. The number of nitrogens with zero attached hydrogens (tertiary/aromatic N) is 4. The quantitative estimate of drug-likeness (QED) is 0.804. The first-order valence-electron chi connectivity index (χ1n) is 7.72. The van der Waals surface area contributed by atoms with Gasteiger partial charge < -0.3 is 9.73 Å². The van der Waals surface area contributed by atoms with Gasteiger partial charge in [0.1, 0.15) is 11.6 Å². The molecule has 4 rings (SSSR count). The first-order chi connectivity index (χ1) is 11.1. The summed E-state index contributed by atoms with van der Waals surface area (Å²) in [4.78, 5) is 20.4. The van der Waals surface area contributed by atoms with Crippen molar-refractivity contribution in [3.05, 3.63) is 29.8 Å². The number of carbonyl (C=O) groups excluding carboxylic acids is 1. The molecule has 0 saturated heterocycles. The molecule has 0 unspecified atom stereocenters. The topological polar surface area (TPSA) is 85.3 Å². The van der Waals surface area contributed by atoms with Crippen molar-refractivity contribution >= 4 is 17.4 Å². The van der Waals surface area contributed by atoms with Gasteiger partial charge in [-0.1, -0.05) is 6.42 Å². The lowest BCUT2D eigenvalue weighted by Gasteiger charge is -2.21. The molecule has 3 heterocycles. The first-order valence-corrected chi connectivity index (χ1v) is 7.72. The summed E-state index contributed by atoms with van der Waals surface area (Å²) in [6.07, 6.45) is 3.47. The fourth-order valence-corrected chi connectivity index (χ4v) is 2.70. The van der Waals surface area contributed by atoms with Crippen LogP contribution in [0.4, 0.5) is 5.82 Å². The number of anilines is 1. The van der Waals surface area contributed by atoms with E-state index in [1.807, 2.05) is 19.1 Å². The lowest BCUT2D eigenvalue weighted by Crippen LogP contribution is -2.11. The van der Waals surface area contributed by atoms with Gasteiger partial charge in [0.15, 0.2) is 17.2 Å². The highest BCUT2D eigenvalue weighted by Crippen LogP contribution is 2.35. The molecule has 0 aliphatic heterocycles. The molecule has 7 heteroatoms. The van der Waals surface area contributed by atoms with E-state index >= 15 is 0 Å². The Labute approximate surface area is 132 Å². The average molecular weight is 311 g/mol. The maximum atomic E-state index is 11.4. The summed E-state index contributed by atoms with van der Waals surface area (Å²) in [5, 5.41) is 7.32. The summed E-state index contributed by atoms with van der Waals surface area (Å²) in [7, 11) is 0. The maximum Gasteiger partial charge on any atom is 0.222 e. The van der Waals surface area contributed by atoms with E-state index < -0.39 is 0 Å². The van der Waals surface area contributed by atoms with Gasteiger partial charge in [0, 0.05) is 18.9 Å². The third-order valence-electron chi connectivity index (χ3n) is 4.08. The van der Waals surface area contributed by atoms with E-state index in [1.54, 1.807) is 10.6 Å². The van der Waals surface area contributed by atoms with Gasteiger partial charge in [-0.05, 0) is 31.9 Å². The number of aryl methyl sites for hydroxylation is 1. The molecule has 3 aromatic heterocycles. The van der Waals surface area contributed by atoms with Crippen LogP contribution in [-0.2, 0) is 4.79 Å². The third-order valence-corrected chi connectivity index (χ3v) is 4.08. The van der Waals surface area contributed by atoms with Crippen LogP contribution < -0.4 is 5.32 Å². The van der Waals surface area contributed by atoms with Crippen molar-refractivity contribution in [2.75, 3.05) is 5.32 Å². The normalized spacial score (nSPS) is 14.9. The molecule has 0 atom stereocenters. The highest BCUT2D eigenvalue weighted by atomic mass is 16.3. The van der Waals surface area contributed by atoms with E-state index in [9.17, 15) is 4.79 Å². The van der Waals surface area contributed by atoms with E-state index in [1.165, 1.54) is 13.3 Å². The predicted molar refractivity (Wildman–Crippen MR) is 84.1 cm³/mol. The van der Waals surface area contributed by atoms with E-state index in [0.717, 1.165) is 24.4 Å². The Morgan fingerprint density at radius 1 is 1.35 bits per heavy atom. The predicted octanol–water partition coefficient (Wildman–Crippen LogP) is 2.92. The van der Waals surface area contributed by atoms with Crippen LogP contribution in [0.5, 0.6) is 0 Å². The molecule has 1 N–H and O–H groups in total. The largest absolute Gasteiger partial charge is 0.458 e. The van der Waals surface area contributed by atoms with Crippen molar-refractivity contribution in [2.45, 2.75) is 39.0 Å². The van der Waals surface area contributed by atoms with Gasteiger partial charge in [0.25, 0.3) is 0 Å². The third kappa shape index (κ3) is 2.48. The molecule has 1 saturated carbocycles. The van der Waals surface area contributed by atoms with Crippen molar-refractivity contribution in [1.29, 1.82) is 0 Å². The number of fused-ring (bicyclic) bond motifs is 1. The van der Waals surface area contributed by atoms with Gasteiger partial charge in [-0.15, -0.1) is 5.10 Å². The lowest BCUT2D eigenvalue weighted by atomic mass is 9.85. The number of hydrogen-bond donors (Lipinski definition) is 1. The van der Waals surface area contributed by atoms with Crippen LogP contribution in [0.25, 0.3) is 17.2 Å². The van der Waals surface area contributed by atoms with Gasteiger partial charge in [-0.2, -0.15) is 4.52 Å². The molecule has 1 amide bonds. The molecule has 1 aliphatic rings. The van der Waals surface area contributed by atoms with Crippen molar-refractivity contribution in [2.24, 2.45) is 0 Å². The minimum atomic E-state index is -0.179. The minimum Gasteiger partial charge on any atom is -0.458 e. The van der Waals surface area contributed by atoms with Gasteiger partial charge in [0.2, 0.25) is 11.7 Å². The van der Waals surface area contributed by atoms with Crippen molar-refractivity contribution in [3.8, 4) is 11.6 Å². The van der Waals surface area contributed by atoms with E-state index in [-0.39, 0.29) is 5.91 Å². The summed E-state index contributed by atoms with van der Waals surface area (Å²) in [5.74, 6) is 3.46. The molecule has 23 heavy (non-hydrogen) atoms. The van der Waals surface area contributed by atoms with Crippen molar-refractivity contribution in [1.82, 2.24) is 19.6 Å². The monoisotopic (exact) mass is 311 g/mol. The highest BCUT2D eigenvalue weighted by Gasteiger charge is 2.25. The van der Waals surface area contributed by atoms with Crippen LogP contribution in [0.3, 0.4) is 0 Å². The minimum absolute atomic E-state index is 0.179. The summed E-state index contributed by atoms with van der Waals surface area (Å²) in [6.45, 7) is 3.33. The molecule has 3 aromatic rings. The molecule has 118 valence electrons. The van der Waals surface area contributed by atoms with Gasteiger partial charge >= 0.3 is 0 Å². The average Bonchev–Trinajstić information content (AvgIpc) is 3.01. The molecular weight excluding hydrogens is 294 g/mol. The molecule has 0 aromatic carbocycles. The Morgan fingerprint density at radius 2 is 2.17 bits per heavy atom. The lowest BCUT2D eigenvalue weighted by molar-refractivity contribution is -0.114. The van der Waals surface area contributed by atoms with Gasteiger partial charge in [-0.3, -0.25) is 4.79 Å². The van der Waals surface area contributed by atoms with E-state index in [4.69, 9.17) is 4.42 Å². The van der Waals surface area contributed by atoms with Gasteiger partial charge in [0.05, 0.1) is 0 Å². The first kappa shape index (κ1) is 13.9. The number of nitrogens with one attached hydrogen (secondary N) is 1. The van der Waals surface area contributed by atoms with Gasteiger partial charge in [-0.25, -0.2) is 9.97 Å². The Hall–Kier alpha value is -2.70. The Balaban J connectivity index is 1.88. The molecule has 0 spiro atoms. The fourth-order valence-electron chi connectivity index (χ4n) is 2.70. The Bertz CT molecular complexity index is 891. The Morgan fingerprint density at radius 3 is 2.78 bits per heavy atom. The number of carbonyl (C=O) groups is 1. The van der Waals surface area contributed by atoms with E-state index in [2.05, 4.69) is 20.4 Å². The summed E-state index contributed by atoms with van der Waals surface area (Å²) >= 11 is 0. The second-order valence-corrected chi connectivity index (χ2v) is 5.92. The smallest absolute Gasteiger partial charge is 0.222 e. The van der Waals surface area contributed by atoms with Crippen LogP contribution in [0, 0.1) is 6.92 Å². The second-order valence-electron chi connectivity index (χ2n) is 5.92. The van der Waals surface area contributed by atoms with Crippen LogP contribution >= 0.6 is 0 Å². The van der Waals surface area contributed by atoms with Crippen LogP contribution in [0.1, 0.15) is 43.7 Å². The number of rotatable bonds is 3. The summed E-state index contributed by atoms with van der Waals surface area (Å²) in [6, 6.07) is 5.45. The van der Waals surface area contributed by atoms with Crippen LogP contribution in [-0.4, -0.2) is 25.5 Å². The number of aromatic nitrogens is 4. The molecular formula is C16H17N5O2. The van der Waals surface area contributed by atoms with Crippen molar-refractivity contribution in [3.63, 3.8) is 0 Å². The number of amides is 1. The zero-order valence-corrected chi connectivity index (χ0v) is 13.0. The summed E-state index contributed by atoms with van der Waals surface area (Å²) < 4.78 is 7.38. The number of furan rings is 1. The fraction of sp³-hybridized carbons (Fsp3) is 0.375. The number of hydrogen-bond acceptors (Lipinski definition) is 5.